The first-order chi connectivity index (χ1) is 10.1. The Labute approximate surface area is 121 Å². The molecule has 1 aliphatic heterocycles. The number of rotatable bonds is 5. The summed E-state index contributed by atoms with van der Waals surface area (Å²) < 4.78 is 6.69. The minimum absolute atomic E-state index is 0.196. The minimum Gasteiger partial charge on any atom is -0.394 e. The lowest BCUT2D eigenvalue weighted by Crippen LogP contribution is -2.34. The van der Waals surface area contributed by atoms with Crippen molar-refractivity contribution in [2.75, 3.05) is 6.61 Å². The molecule has 116 valence electrons. The highest BCUT2D eigenvalue weighted by molar-refractivity contribution is 5.10. The van der Waals surface area contributed by atoms with E-state index in [1.54, 1.807) is 0 Å². The van der Waals surface area contributed by atoms with Crippen LogP contribution >= 0.6 is 0 Å². The summed E-state index contributed by atoms with van der Waals surface area (Å²) in [6.07, 6.45) is 4.51. The van der Waals surface area contributed by atoms with Gasteiger partial charge in [-0.15, -0.1) is 0 Å². The van der Waals surface area contributed by atoms with E-state index < -0.39 is 29.7 Å². The fraction of sp³-hybridized carbons (Fsp3) is 0.571. The summed E-state index contributed by atoms with van der Waals surface area (Å²) in [4.78, 5) is 25.9. The first kappa shape index (κ1) is 15.7. The highest BCUT2D eigenvalue weighted by atomic mass is 16.5. The van der Waals surface area contributed by atoms with Crippen LogP contribution in [0.4, 0.5) is 0 Å². The van der Waals surface area contributed by atoms with Crippen LogP contribution in [0.2, 0.25) is 0 Å². The number of aliphatic hydroxyl groups excluding tert-OH is 2. The first-order valence-electron chi connectivity index (χ1n) is 7.00. The topological polar surface area (TPSA) is 105 Å². The van der Waals surface area contributed by atoms with E-state index in [1.807, 2.05) is 19.1 Å². The summed E-state index contributed by atoms with van der Waals surface area (Å²) in [5, 5.41) is 18.8. The number of aromatic amines is 1. The number of nitrogens with zero attached hydrogens (tertiary/aromatic N) is 1. The van der Waals surface area contributed by atoms with Gasteiger partial charge in [0.25, 0.3) is 5.56 Å². The molecule has 0 saturated carbocycles. The van der Waals surface area contributed by atoms with E-state index in [9.17, 15) is 14.7 Å². The lowest BCUT2D eigenvalue weighted by molar-refractivity contribution is -0.0459. The van der Waals surface area contributed by atoms with Crippen LogP contribution in [0.15, 0.2) is 27.9 Å². The van der Waals surface area contributed by atoms with Crippen molar-refractivity contribution >= 4 is 0 Å². The standard InChI is InChI=1S/C14H20N2O5/c1-2-3-4-5-9-7-16(14(20)15-13(9)19)12-6-10(18)11(8-17)21-12/h3-4,7,10-12,17-18H,2,5-6,8H2,1H3,(H,15,19,20)/b4-3+/t10-,11+,12+/m0/s1. The number of aromatic nitrogens is 2. The molecule has 0 spiro atoms. The highest BCUT2D eigenvalue weighted by Gasteiger charge is 2.35. The maximum absolute atomic E-state index is 11.9. The van der Waals surface area contributed by atoms with Gasteiger partial charge in [0.2, 0.25) is 0 Å². The van der Waals surface area contributed by atoms with E-state index in [0.717, 1.165) is 6.42 Å². The number of hydrogen-bond donors (Lipinski definition) is 3. The molecule has 1 fully saturated rings. The summed E-state index contributed by atoms with van der Waals surface area (Å²) in [5.74, 6) is 0. The molecule has 7 nitrogen and oxygen atoms in total. The van der Waals surface area contributed by atoms with Crippen LogP contribution in [0.25, 0.3) is 0 Å². The minimum atomic E-state index is -0.831. The van der Waals surface area contributed by atoms with Crippen LogP contribution in [0, 0.1) is 0 Å². The van der Waals surface area contributed by atoms with Crippen LogP contribution in [0.1, 0.15) is 31.6 Å². The first-order valence-corrected chi connectivity index (χ1v) is 7.00. The zero-order chi connectivity index (χ0) is 15.4. The van der Waals surface area contributed by atoms with Gasteiger partial charge in [0, 0.05) is 18.2 Å². The van der Waals surface area contributed by atoms with Gasteiger partial charge in [-0.2, -0.15) is 0 Å². The summed E-state index contributed by atoms with van der Waals surface area (Å²) in [6.45, 7) is 1.67. The quantitative estimate of drug-likeness (QED) is 0.646. The van der Waals surface area contributed by atoms with Crippen LogP contribution in [-0.2, 0) is 11.2 Å². The summed E-state index contributed by atoms with van der Waals surface area (Å²) in [5.41, 5.74) is -0.557. The Morgan fingerprint density at radius 3 is 2.86 bits per heavy atom. The third-order valence-electron chi connectivity index (χ3n) is 3.48. The van der Waals surface area contributed by atoms with Crippen molar-refractivity contribution in [3.8, 4) is 0 Å². The van der Waals surface area contributed by atoms with Gasteiger partial charge in [-0.05, 0) is 12.8 Å². The predicted molar refractivity (Wildman–Crippen MR) is 76.1 cm³/mol. The van der Waals surface area contributed by atoms with Gasteiger partial charge in [0.05, 0.1) is 12.7 Å². The van der Waals surface area contributed by atoms with Crippen LogP contribution in [0.5, 0.6) is 0 Å². The van der Waals surface area contributed by atoms with Crippen molar-refractivity contribution in [2.24, 2.45) is 0 Å². The van der Waals surface area contributed by atoms with E-state index in [-0.39, 0.29) is 13.0 Å². The molecular formula is C14H20N2O5. The molecule has 1 aliphatic rings. The van der Waals surface area contributed by atoms with Gasteiger partial charge >= 0.3 is 5.69 Å². The second kappa shape index (κ2) is 6.84. The Hall–Kier alpha value is -1.70. The highest BCUT2D eigenvalue weighted by Crippen LogP contribution is 2.27. The van der Waals surface area contributed by atoms with Gasteiger partial charge in [0.1, 0.15) is 12.3 Å². The zero-order valence-corrected chi connectivity index (χ0v) is 11.9. The smallest absolute Gasteiger partial charge is 0.330 e. The number of nitrogens with one attached hydrogen (secondary N) is 1. The molecule has 0 bridgehead atoms. The molecule has 0 amide bonds. The fourth-order valence-corrected chi connectivity index (χ4v) is 2.31. The lowest BCUT2D eigenvalue weighted by Gasteiger charge is -2.15. The van der Waals surface area contributed by atoms with Crippen LogP contribution < -0.4 is 11.2 Å². The molecule has 0 unspecified atom stereocenters. The Kier molecular flexibility index (Phi) is 5.11. The molecule has 1 aromatic heterocycles. The summed E-state index contributed by atoms with van der Waals surface area (Å²) >= 11 is 0. The Balaban J connectivity index is 2.28. The van der Waals surface area contributed by atoms with E-state index in [1.165, 1.54) is 10.8 Å². The molecule has 0 radical (unpaired) electrons. The monoisotopic (exact) mass is 296 g/mol. The van der Waals surface area contributed by atoms with Gasteiger partial charge in [-0.3, -0.25) is 14.3 Å². The largest absolute Gasteiger partial charge is 0.394 e. The third kappa shape index (κ3) is 3.49. The Morgan fingerprint density at radius 1 is 1.48 bits per heavy atom. The molecule has 3 atom stereocenters. The summed E-state index contributed by atoms with van der Waals surface area (Å²) in [6, 6.07) is 0. The van der Waals surface area contributed by atoms with Crippen molar-refractivity contribution in [2.45, 2.75) is 44.6 Å². The van der Waals surface area contributed by atoms with E-state index in [0.29, 0.717) is 12.0 Å². The molecular weight excluding hydrogens is 276 g/mol. The SMILES string of the molecule is CC/C=C/Cc1cn([C@H]2C[C@H](O)[C@@H](CO)O2)c(=O)[nH]c1=O. The molecule has 0 aliphatic carbocycles. The molecule has 3 N–H and O–H groups in total. The van der Waals surface area contributed by atoms with E-state index >= 15 is 0 Å². The molecule has 1 saturated heterocycles. The number of hydrogen-bond acceptors (Lipinski definition) is 5. The van der Waals surface area contributed by atoms with Crippen molar-refractivity contribution < 1.29 is 14.9 Å². The normalized spacial score (nSPS) is 25.8. The van der Waals surface area contributed by atoms with Gasteiger partial charge in [-0.1, -0.05) is 19.1 Å². The second-order valence-corrected chi connectivity index (χ2v) is 5.02. The third-order valence-corrected chi connectivity index (χ3v) is 3.48. The molecule has 0 aromatic carbocycles. The molecule has 2 rings (SSSR count). The lowest BCUT2D eigenvalue weighted by atomic mass is 10.2. The van der Waals surface area contributed by atoms with Gasteiger partial charge in [-0.25, -0.2) is 4.79 Å². The number of aliphatic hydroxyl groups is 2. The number of ether oxygens (including phenoxy) is 1. The Morgan fingerprint density at radius 2 is 2.24 bits per heavy atom. The van der Waals surface area contributed by atoms with Crippen molar-refractivity contribution in [3.05, 3.63) is 44.8 Å². The maximum Gasteiger partial charge on any atom is 0.330 e. The van der Waals surface area contributed by atoms with Gasteiger partial charge in [0.15, 0.2) is 0 Å². The average Bonchev–Trinajstić information content (AvgIpc) is 2.82. The molecule has 1 aromatic rings. The predicted octanol–water partition coefficient (Wildman–Crippen LogP) is -0.314. The van der Waals surface area contributed by atoms with Crippen molar-refractivity contribution in [1.29, 1.82) is 0 Å². The van der Waals surface area contributed by atoms with Crippen LogP contribution in [0.3, 0.4) is 0 Å². The van der Waals surface area contributed by atoms with Crippen molar-refractivity contribution in [1.82, 2.24) is 9.55 Å². The molecule has 2 heterocycles. The van der Waals surface area contributed by atoms with E-state index in [4.69, 9.17) is 9.84 Å². The molecule has 7 heteroatoms. The fourth-order valence-electron chi connectivity index (χ4n) is 2.31. The van der Waals surface area contributed by atoms with Gasteiger partial charge < -0.3 is 14.9 Å². The zero-order valence-electron chi connectivity index (χ0n) is 11.9. The average molecular weight is 296 g/mol. The second-order valence-electron chi connectivity index (χ2n) is 5.02. The number of H-pyrrole nitrogens is 1. The van der Waals surface area contributed by atoms with Crippen LogP contribution in [-0.4, -0.2) is 38.6 Å². The number of allylic oxidation sites excluding steroid dienone is 2. The summed E-state index contributed by atoms with van der Waals surface area (Å²) in [7, 11) is 0. The maximum atomic E-state index is 11.9. The van der Waals surface area contributed by atoms with Crippen molar-refractivity contribution in [3.63, 3.8) is 0 Å². The molecule has 21 heavy (non-hydrogen) atoms. The van der Waals surface area contributed by atoms with E-state index in [2.05, 4.69) is 4.98 Å². The Bertz CT molecular complexity index is 619.